The van der Waals surface area contributed by atoms with Crippen molar-refractivity contribution < 1.29 is 23.6 Å². The van der Waals surface area contributed by atoms with Gasteiger partial charge in [-0.1, -0.05) is 12.2 Å². The summed E-state index contributed by atoms with van der Waals surface area (Å²) < 4.78 is 11.2. The largest absolute Gasteiger partial charge is 0.454 e. The molecule has 26 heavy (non-hydrogen) atoms. The van der Waals surface area contributed by atoms with Gasteiger partial charge in [-0.25, -0.2) is 0 Å². The zero-order chi connectivity index (χ0) is 17.7. The molecule has 2 saturated heterocycles. The Hall–Kier alpha value is -2.25. The first-order valence-electron chi connectivity index (χ1n) is 9.31. The number of carbonyl (C=O) groups excluding carboxylic acids is 2. The fourth-order valence-corrected chi connectivity index (χ4v) is 4.76. The average Bonchev–Trinajstić information content (AvgIpc) is 3.41. The molecule has 5 rings (SSSR count). The molecule has 0 spiro atoms. The molecule has 1 aromatic rings. The number of ether oxygens (including phenoxy) is 1. The Labute approximate surface area is 151 Å². The minimum Gasteiger partial charge on any atom is -0.454 e. The molecule has 1 saturated carbocycles. The number of furan rings is 1. The van der Waals surface area contributed by atoms with Gasteiger partial charge in [0.2, 0.25) is 0 Å². The number of fused-ring (bicyclic) bond motifs is 5. The number of imide groups is 1. The van der Waals surface area contributed by atoms with E-state index >= 15 is 0 Å². The highest BCUT2D eigenvalue weighted by atomic mass is 16.5. The highest BCUT2D eigenvalue weighted by molar-refractivity contribution is 6.06. The molecule has 0 aromatic carbocycles. The zero-order valence-corrected chi connectivity index (χ0v) is 14.5. The Bertz CT molecular complexity index is 762. The molecule has 1 N–H and O–H groups in total. The summed E-state index contributed by atoms with van der Waals surface area (Å²) in [7, 11) is 0. The van der Waals surface area contributed by atoms with E-state index in [0.29, 0.717) is 5.76 Å². The molecular formula is C19H22N3O4+. The third-order valence-corrected chi connectivity index (χ3v) is 6.05. The van der Waals surface area contributed by atoms with E-state index in [4.69, 9.17) is 9.15 Å². The zero-order valence-electron chi connectivity index (χ0n) is 14.5. The van der Waals surface area contributed by atoms with Crippen LogP contribution in [-0.4, -0.2) is 49.3 Å². The van der Waals surface area contributed by atoms with E-state index in [1.807, 2.05) is 12.1 Å². The van der Waals surface area contributed by atoms with Crippen molar-refractivity contribution in [3.63, 3.8) is 0 Å². The van der Waals surface area contributed by atoms with Crippen LogP contribution in [0.1, 0.15) is 17.9 Å². The van der Waals surface area contributed by atoms with E-state index in [1.165, 1.54) is 11.1 Å². The molecule has 7 nitrogen and oxygen atoms in total. The van der Waals surface area contributed by atoms with Crippen molar-refractivity contribution in [1.29, 1.82) is 0 Å². The monoisotopic (exact) mass is 356 g/mol. The molecule has 0 radical (unpaired) electrons. The van der Waals surface area contributed by atoms with Crippen LogP contribution in [0.15, 0.2) is 33.8 Å². The van der Waals surface area contributed by atoms with Crippen LogP contribution in [0.2, 0.25) is 0 Å². The van der Waals surface area contributed by atoms with E-state index in [9.17, 15) is 9.59 Å². The van der Waals surface area contributed by atoms with Crippen molar-refractivity contribution in [3.05, 3.63) is 35.8 Å². The van der Waals surface area contributed by atoms with Gasteiger partial charge in [-0.3, -0.25) is 9.59 Å². The molecule has 0 unspecified atom stereocenters. The molecular weight excluding hydrogens is 334 g/mol. The Kier molecular flexibility index (Phi) is 3.79. The Morgan fingerprint density at radius 2 is 1.81 bits per heavy atom. The molecule has 3 heterocycles. The summed E-state index contributed by atoms with van der Waals surface area (Å²) in [5, 5.41) is 5.21. The normalized spacial score (nSPS) is 33.8. The predicted octanol–water partition coefficient (Wildman–Crippen LogP) is -0.164. The van der Waals surface area contributed by atoms with Gasteiger partial charge < -0.3 is 14.1 Å². The predicted molar refractivity (Wildman–Crippen MR) is 91.1 cm³/mol. The molecule has 7 heteroatoms. The minimum absolute atomic E-state index is 0.169. The number of quaternary nitrogens is 1. The average molecular weight is 356 g/mol. The first-order valence-corrected chi connectivity index (χ1v) is 9.31. The van der Waals surface area contributed by atoms with Crippen LogP contribution >= 0.6 is 0 Å². The fourth-order valence-electron chi connectivity index (χ4n) is 4.76. The number of carbonyl (C=O) groups is 2. The van der Waals surface area contributed by atoms with Gasteiger partial charge in [0.1, 0.15) is 25.4 Å². The highest BCUT2D eigenvalue weighted by Crippen LogP contribution is 2.52. The number of morpholine rings is 1. The second-order valence-corrected chi connectivity index (χ2v) is 7.58. The number of hydrazone groups is 1. The third-order valence-electron chi connectivity index (χ3n) is 6.05. The molecule has 4 atom stereocenters. The minimum atomic E-state index is -0.216. The van der Waals surface area contributed by atoms with Gasteiger partial charge in [0.15, 0.2) is 5.76 Å². The quantitative estimate of drug-likeness (QED) is 0.462. The van der Waals surface area contributed by atoms with Crippen LogP contribution in [0.4, 0.5) is 0 Å². The summed E-state index contributed by atoms with van der Waals surface area (Å²) in [6.07, 6.45) is 6.56. The van der Waals surface area contributed by atoms with E-state index < -0.39 is 0 Å². The standard InChI is InChI=1S/C19H21N3O4/c23-18-16-12-1-2-13(9-12)17(16)19(24)22(18)20-10-14-3-4-15(26-14)11-21-5-7-25-8-6-21/h1-4,10,12-13,16-17H,5-9,11H2/p+1/b20-10-/t12-,13+,16-,17-/m0/s1. The summed E-state index contributed by atoms with van der Waals surface area (Å²) in [6, 6.07) is 3.76. The molecule has 1 aromatic heterocycles. The number of nitrogens with one attached hydrogen (secondary N) is 1. The maximum Gasteiger partial charge on any atom is 0.254 e. The number of hydrogen-bond donors (Lipinski definition) is 1. The van der Waals surface area contributed by atoms with Crippen molar-refractivity contribution in [3.8, 4) is 0 Å². The highest BCUT2D eigenvalue weighted by Gasteiger charge is 2.59. The Balaban J connectivity index is 1.26. The summed E-state index contributed by atoms with van der Waals surface area (Å²) >= 11 is 0. The first-order chi connectivity index (χ1) is 12.7. The Morgan fingerprint density at radius 3 is 2.50 bits per heavy atom. The van der Waals surface area contributed by atoms with Crippen molar-refractivity contribution in [2.75, 3.05) is 26.3 Å². The number of amides is 2. The van der Waals surface area contributed by atoms with Crippen molar-refractivity contribution >= 4 is 18.0 Å². The SMILES string of the molecule is O=C1[C@@H]2[C@@H](C(=O)N1/N=C\c1ccc(C[NH+]3CCOCC3)o1)[C@H]1C=C[C@@H]2C1. The fraction of sp³-hybridized carbons (Fsp3) is 0.526. The summed E-state index contributed by atoms with van der Waals surface area (Å²) in [5.74, 6) is 1.07. The maximum atomic E-state index is 12.6. The van der Waals surface area contributed by atoms with Crippen LogP contribution in [0, 0.1) is 23.7 Å². The number of rotatable bonds is 4. The van der Waals surface area contributed by atoms with Gasteiger partial charge in [0.25, 0.3) is 11.8 Å². The number of allylic oxidation sites excluding steroid dienone is 2. The van der Waals surface area contributed by atoms with Gasteiger partial charge in [0, 0.05) is 0 Å². The summed E-state index contributed by atoms with van der Waals surface area (Å²) in [4.78, 5) is 26.6. The third kappa shape index (κ3) is 2.54. The van der Waals surface area contributed by atoms with Crippen molar-refractivity contribution in [1.82, 2.24) is 5.01 Å². The van der Waals surface area contributed by atoms with Crippen LogP contribution in [-0.2, 0) is 20.9 Å². The molecule has 2 aliphatic heterocycles. The topological polar surface area (TPSA) is 76.5 Å². The molecule has 136 valence electrons. The molecule has 3 fully saturated rings. The smallest absolute Gasteiger partial charge is 0.254 e. The molecule has 4 aliphatic rings. The number of hydrogen-bond acceptors (Lipinski definition) is 5. The van der Waals surface area contributed by atoms with Gasteiger partial charge in [0.05, 0.1) is 31.3 Å². The lowest BCUT2D eigenvalue weighted by molar-refractivity contribution is -0.922. The van der Waals surface area contributed by atoms with Crippen molar-refractivity contribution in [2.45, 2.75) is 13.0 Å². The van der Waals surface area contributed by atoms with E-state index in [1.54, 1.807) is 0 Å². The van der Waals surface area contributed by atoms with E-state index in [2.05, 4.69) is 17.3 Å². The van der Waals surface area contributed by atoms with E-state index in [-0.39, 0.29) is 35.5 Å². The van der Waals surface area contributed by atoms with Gasteiger partial charge in [-0.2, -0.15) is 10.1 Å². The maximum absolute atomic E-state index is 12.6. The van der Waals surface area contributed by atoms with Crippen LogP contribution in [0.3, 0.4) is 0 Å². The molecule has 2 amide bonds. The first kappa shape index (κ1) is 16.0. The van der Waals surface area contributed by atoms with Crippen LogP contribution in [0.25, 0.3) is 0 Å². The lowest BCUT2D eigenvalue weighted by atomic mass is 9.85. The lowest BCUT2D eigenvalue weighted by Gasteiger charge is -2.22. The summed E-state index contributed by atoms with van der Waals surface area (Å²) in [5.41, 5.74) is 0. The van der Waals surface area contributed by atoms with E-state index in [0.717, 1.165) is 50.0 Å². The second kappa shape index (κ2) is 6.17. The summed E-state index contributed by atoms with van der Waals surface area (Å²) in [6.45, 7) is 4.31. The van der Waals surface area contributed by atoms with Crippen LogP contribution < -0.4 is 4.90 Å². The van der Waals surface area contributed by atoms with Crippen molar-refractivity contribution in [2.24, 2.45) is 28.8 Å². The Morgan fingerprint density at radius 1 is 1.12 bits per heavy atom. The lowest BCUT2D eigenvalue weighted by Crippen LogP contribution is -3.12. The second-order valence-electron chi connectivity index (χ2n) is 7.58. The van der Waals surface area contributed by atoms with Crippen LogP contribution in [0.5, 0.6) is 0 Å². The number of nitrogens with zero attached hydrogens (tertiary/aromatic N) is 2. The molecule has 2 aliphatic carbocycles. The molecule has 2 bridgehead atoms. The van der Waals surface area contributed by atoms with Gasteiger partial charge in [-0.05, 0) is 30.4 Å². The van der Waals surface area contributed by atoms with Gasteiger partial charge >= 0.3 is 0 Å². The van der Waals surface area contributed by atoms with Gasteiger partial charge in [-0.15, -0.1) is 0 Å².